The van der Waals surface area contributed by atoms with Gasteiger partial charge < -0.3 is 14.8 Å². The van der Waals surface area contributed by atoms with E-state index in [1.807, 2.05) is 6.07 Å². The average molecular weight is 502 g/mol. The standard InChI is InChI=1S/C25H19Cl3N2O3/c1-15-20(27)4-3-5-22(15)30-25(31)18(13-29)10-16-6-9-23(24(11-16)32-2)33-14-17-7-8-19(26)12-21(17)28/h3-12H,14H2,1-2H3,(H,30,31)/b18-10+. The van der Waals surface area contributed by atoms with Gasteiger partial charge in [0.15, 0.2) is 11.5 Å². The van der Waals surface area contributed by atoms with E-state index in [1.54, 1.807) is 61.5 Å². The number of rotatable bonds is 7. The molecule has 8 heteroatoms. The van der Waals surface area contributed by atoms with Gasteiger partial charge in [0.05, 0.1) is 7.11 Å². The van der Waals surface area contributed by atoms with Crippen molar-refractivity contribution in [1.29, 1.82) is 5.26 Å². The van der Waals surface area contributed by atoms with E-state index in [-0.39, 0.29) is 12.2 Å². The Bertz CT molecular complexity index is 1270. The molecular weight excluding hydrogens is 483 g/mol. The van der Waals surface area contributed by atoms with Crippen LogP contribution >= 0.6 is 34.8 Å². The topological polar surface area (TPSA) is 71.3 Å². The van der Waals surface area contributed by atoms with Gasteiger partial charge in [-0.3, -0.25) is 4.79 Å². The van der Waals surface area contributed by atoms with Crippen LogP contribution in [0.4, 0.5) is 5.69 Å². The molecule has 33 heavy (non-hydrogen) atoms. The molecule has 0 fully saturated rings. The zero-order valence-corrected chi connectivity index (χ0v) is 20.1. The number of hydrogen-bond acceptors (Lipinski definition) is 4. The van der Waals surface area contributed by atoms with E-state index >= 15 is 0 Å². The van der Waals surface area contributed by atoms with Crippen LogP contribution in [0.15, 0.2) is 60.2 Å². The van der Waals surface area contributed by atoms with Crippen LogP contribution in [0.2, 0.25) is 15.1 Å². The number of nitriles is 1. The van der Waals surface area contributed by atoms with Gasteiger partial charge in [-0.1, -0.05) is 53.0 Å². The van der Waals surface area contributed by atoms with Gasteiger partial charge in [-0.25, -0.2) is 0 Å². The molecular formula is C25H19Cl3N2O3. The third kappa shape index (κ3) is 6.21. The second-order valence-corrected chi connectivity index (χ2v) is 8.22. The quantitative estimate of drug-likeness (QED) is 0.277. The SMILES string of the molecule is COc1cc(/C=C(\C#N)C(=O)Nc2cccc(Cl)c2C)ccc1OCc1ccc(Cl)cc1Cl. The average Bonchev–Trinajstić information content (AvgIpc) is 2.80. The minimum atomic E-state index is -0.542. The van der Waals surface area contributed by atoms with Crippen LogP contribution in [0.25, 0.3) is 6.08 Å². The van der Waals surface area contributed by atoms with E-state index in [0.717, 1.165) is 5.56 Å². The molecule has 0 spiro atoms. The number of methoxy groups -OCH3 is 1. The monoisotopic (exact) mass is 500 g/mol. The molecule has 168 valence electrons. The number of anilines is 1. The second kappa shape index (κ2) is 11.1. The highest BCUT2D eigenvalue weighted by molar-refractivity contribution is 6.35. The predicted molar refractivity (Wildman–Crippen MR) is 132 cm³/mol. The fourth-order valence-electron chi connectivity index (χ4n) is 2.94. The van der Waals surface area contributed by atoms with Crippen molar-refractivity contribution in [1.82, 2.24) is 0 Å². The Morgan fingerprint density at radius 1 is 1.06 bits per heavy atom. The maximum absolute atomic E-state index is 12.6. The van der Waals surface area contributed by atoms with E-state index in [9.17, 15) is 10.1 Å². The van der Waals surface area contributed by atoms with Crippen molar-refractivity contribution in [2.75, 3.05) is 12.4 Å². The fraction of sp³-hybridized carbons (Fsp3) is 0.120. The van der Waals surface area contributed by atoms with Crippen molar-refractivity contribution in [2.24, 2.45) is 0 Å². The maximum Gasteiger partial charge on any atom is 0.266 e. The van der Waals surface area contributed by atoms with Crippen LogP contribution < -0.4 is 14.8 Å². The number of carbonyl (C=O) groups excluding carboxylic acids is 1. The third-order valence-electron chi connectivity index (χ3n) is 4.78. The van der Waals surface area contributed by atoms with Gasteiger partial charge in [0.25, 0.3) is 5.91 Å². The molecule has 5 nitrogen and oxygen atoms in total. The summed E-state index contributed by atoms with van der Waals surface area (Å²) in [5.41, 5.74) is 2.55. The first-order chi connectivity index (χ1) is 15.8. The van der Waals surface area contributed by atoms with E-state index in [0.29, 0.717) is 43.4 Å². The fourth-order valence-corrected chi connectivity index (χ4v) is 3.57. The molecule has 0 aromatic heterocycles. The Hall–Kier alpha value is -3.17. The Kier molecular flexibility index (Phi) is 8.24. The summed E-state index contributed by atoms with van der Waals surface area (Å²) in [6, 6.07) is 17.4. The van der Waals surface area contributed by atoms with E-state index in [4.69, 9.17) is 44.3 Å². The molecule has 3 rings (SSSR count). The zero-order chi connectivity index (χ0) is 24.0. The van der Waals surface area contributed by atoms with Crippen molar-refractivity contribution in [2.45, 2.75) is 13.5 Å². The second-order valence-electron chi connectivity index (χ2n) is 6.97. The highest BCUT2D eigenvalue weighted by atomic mass is 35.5. The minimum absolute atomic E-state index is 0.0713. The van der Waals surface area contributed by atoms with Gasteiger partial charge in [-0.15, -0.1) is 0 Å². The molecule has 0 unspecified atom stereocenters. The number of nitrogens with one attached hydrogen (secondary N) is 1. The smallest absolute Gasteiger partial charge is 0.266 e. The molecule has 0 saturated carbocycles. The first kappa shape index (κ1) is 24.5. The minimum Gasteiger partial charge on any atom is -0.493 e. The summed E-state index contributed by atoms with van der Waals surface area (Å²) in [4.78, 5) is 12.6. The van der Waals surface area contributed by atoms with Crippen LogP contribution in [0.1, 0.15) is 16.7 Å². The van der Waals surface area contributed by atoms with E-state index in [2.05, 4.69) is 5.32 Å². The Labute approximate surface area is 207 Å². The molecule has 3 aromatic carbocycles. The molecule has 0 atom stereocenters. The summed E-state index contributed by atoms with van der Waals surface area (Å²) in [6.45, 7) is 2.00. The predicted octanol–water partition coefficient (Wildman–Crippen LogP) is 7.09. The van der Waals surface area contributed by atoms with Gasteiger partial charge in [-0.05, 0) is 60.5 Å². The van der Waals surface area contributed by atoms with Crippen molar-refractivity contribution < 1.29 is 14.3 Å². The maximum atomic E-state index is 12.6. The molecule has 1 N–H and O–H groups in total. The molecule has 3 aromatic rings. The largest absolute Gasteiger partial charge is 0.493 e. The van der Waals surface area contributed by atoms with Gasteiger partial charge in [-0.2, -0.15) is 5.26 Å². The van der Waals surface area contributed by atoms with Gasteiger partial charge in [0, 0.05) is 26.3 Å². The highest BCUT2D eigenvalue weighted by Crippen LogP contribution is 2.31. The van der Waals surface area contributed by atoms with E-state index < -0.39 is 5.91 Å². The molecule has 0 heterocycles. The van der Waals surface area contributed by atoms with Crippen LogP contribution in [0.3, 0.4) is 0 Å². The van der Waals surface area contributed by atoms with Crippen LogP contribution in [-0.2, 0) is 11.4 Å². The number of amides is 1. The number of benzene rings is 3. The Balaban J connectivity index is 1.78. The summed E-state index contributed by atoms with van der Waals surface area (Å²) < 4.78 is 11.3. The number of ether oxygens (including phenoxy) is 2. The third-order valence-corrected chi connectivity index (χ3v) is 5.77. The lowest BCUT2D eigenvalue weighted by atomic mass is 10.1. The van der Waals surface area contributed by atoms with Gasteiger partial charge in [0.1, 0.15) is 18.2 Å². The lowest BCUT2D eigenvalue weighted by Crippen LogP contribution is -2.14. The van der Waals surface area contributed by atoms with Gasteiger partial charge in [0.2, 0.25) is 0 Å². The van der Waals surface area contributed by atoms with Crippen molar-refractivity contribution in [3.63, 3.8) is 0 Å². The number of carbonyl (C=O) groups is 1. The molecule has 0 aliphatic heterocycles. The molecule has 0 saturated heterocycles. The summed E-state index contributed by atoms with van der Waals surface area (Å²) in [6.07, 6.45) is 1.47. The lowest BCUT2D eigenvalue weighted by molar-refractivity contribution is -0.112. The Morgan fingerprint density at radius 3 is 2.55 bits per heavy atom. The first-order valence-electron chi connectivity index (χ1n) is 9.75. The zero-order valence-electron chi connectivity index (χ0n) is 17.8. The van der Waals surface area contributed by atoms with E-state index in [1.165, 1.54) is 13.2 Å². The molecule has 0 bridgehead atoms. The number of nitrogens with zero attached hydrogens (tertiary/aromatic N) is 1. The van der Waals surface area contributed by atoms with Crippen molar-refractivity contribution in [3.05, 3.63) is 91.9 Å². The molecule has 0 aliphatic rings. The summed E-state index contributed by atoms with van der Waals surface area (Å²) in [5, 5.41) is 13.8. The number of halogens is 3. The normalized spacial score (nSPS) is 11.0. The summed E-state index contributed by atoms with van der Waals surface area (Å²) in [5.74, 6) is 0.384. The van der Waals surface area contributed by atoms with Crippen LogP contribution in [0, 0.1) is 18.3 Å². The van der Waals surface area contributed by atoms with Crippen molar-refractivity contribution >= 4 is 52.5 Å². The molecule has 0 radical (unpaired) electrons. The first-order valence-corrected chi connectivity index (χ1v) is 10.9. The molecule has 1 amide bonds. The number of hydrogen-bond donors (Lipinski definition) is 1. The van der Waals surface area contributed by atoms with Crippen molar-refractivity contribution in [3.8, 4) is 17.6 Å². The van der Waals surface area contributed by atoms with Gasteiger partial charge >= 0.3 is 0 Å². The lowest BCUT2D eigenvalue weighted by Gasteiger charge is -2.12. The van der Waals surface area contributed by atoms with Crippen LogP contribution in [0.5, 0.6) is 11.5 Å². The van der Waals surface area contributed by atoms with Crippen LogP contribution in [-0.4, -0.2) is 13.0 Å². The highest BCUT2D eigenvalue weighted by Gasteiger charge is 2.13. The Morgan fingerprint density at radius 2 is 1.85 bits per heavy atom. The molecule has 0 aliphatic carbocycles. The summed E-state index contributed by atoms with van der Waals surface area (Å²) >= 11 is 18.2. The summed E-state index contributed by atoms with van der Waals surface area (Å²) in [7, 11) is 1.50.